The van der Waals surface area contributed by atoms with Crippen LogP contribution in [0.4, 0.5) is 5.69 Å². The van der Waals surface area contributed by atoms with Crippen molar-refractivity contribution in [2.45, 2.75) is 12.5 Å². The molecule has 1 saturated heterocycles. The monoisotopic (exact) mass is 246 g/mol. The normalized spacial score (nSPS) is 21.0. The number of aromatic nitrogens is 1. The van der Waals surface area contributed by atoms with Gasteiger partial charge in [0.25, 0.3) is 0 Å². The number of pyridine rings is 1. The van der Waals surface area contributed by atoms with Crippen LogP contribution in [0, 0.1) is 0 Å². The molecule has 0 aromatic carbocycles. The maximum atomic E-state index is 5.85. The lowest BCUT2D eigenvalue weighted by Gasteiger charge is -2.18. The second-order valence-electron chi connectivity index (χ2n) is 3.56. The van der Waals surface area contributed by atoms with Gasteiger partial charge in [-0.25, -0.2) is 4.98 Å². The van der Waals surface area contributed by atoms with Crippen molar-refractivity contribution >= 4 is 28.9 Å². The van der Waals surface area contributed by atoms with Gasteiger partial charge in [0.2, 0.25) is 0 Å². The number of nitrogens with zero attached hydrogens (tertiary/aromatic N) is 2. The molecule has 1 aliphatic rings. The van der Waals surface area contributed by atoms with Gasteiger partial charge in [-0.1, -0.05) is 23.2 Å². The summed E-state index contributed by atoms with van der Waals surface area (Å²) in [6.45, 7) is 1.85. The Bertz CT molecular complexity index is 339. The first-order chi connectivity index (χ1) is 7.19. The van der Waals surface area contributed by atoms with E-state index < -0.39 is 0 Å². The lowest BCUT2D eigenvalue weighted by atomic mass is 10.3. The van der Waals surface area contributed by atoms with Gasteiger partial charge in [-0.3, -0.25) is 0 Å². The smallest absolute Gasteiger partial charge is 0.132 e. The molecule has 0 aliphatic carbocycles. The Kier molecular flexibility index (Phi) is 3.34. The highest BCUT2D eigenvalue weighted by Gasteiger charge is 2.22. The van der Waals surface area contributed by atoms with Crippen LogP contribution < -0.4 is 4.90 Å². The maximum absolute atomic E-state index is 5.85. The minimum Gasteiger partial charge on any atom is -0.380 e. The summed E-state index contributed by atoms with van der Waals surface area (Å²) in [5, 5.41) is 0.858. The summed E-state index contributed by atoms with van der Waals surface area (Å²) in [6, 6.07) is 3.65. The number of halogens is 2. The standard InChI is InChI=1S/C10H12Cl2N2O/c1-15-8-2-3-14(6-8)7-4-9(11)13-10(12)5-7/h4-5,8H,2-3,6H2,1H3/t8-/m0/s1. The van der Waals surface area contributed by atoms with E-state index in [1.165, 1.54) is 0 Å². The predicted octanol–water partition coefficient (Wildman–Crippen LogP) is 2.61. The van der Waals surface area contributed by atoms with Crippen molar-refractivity contribution in [3.05, 3.63) is 22.4 Å². The zero-order valence-corrected chi connectivity index (χ0v) is 9.92. The molecule has 1 aromatic heterocycles. The van der Waals surface area contributed by atoms with E-state index in [4.69, 9.17) is 27.9 Å². The summed E-state index contributed by atoms with van der Waals surface area (Å²) < 4.78 is 5.30. The molecule has 0 bridgehead atoms. The van der Waals surface area contributed by atoms with Gasteiger partial charge in [0.15, 0.2) is 0 Å². The highest BCUT2D eigenvalue weighted by atomic mass is 35.5. The van der Waals surface area contributed by atoms with E-state index in [0.717, 1.165) is 25.2 Å². The van der Waals surface area contributed by atoms with Crippen LogP contribution in [0.1, 0.15) is 6.42 Å². The molecule has 2 heterocycles. The molecule has 2 rings (SSSR count). The van der Waals surface area contributed by atoms with Gasteiger partial charge in [0.1, 0.15) is 10.3 Å². The van der Waals surface area contributed by atoms with Crippen LogP contribution in [-0.2, 0) is 4.74 Å². The molecule has 1 aromatic rings. The van der Waals surface area contributed by atoms with E-state index in [0.29, 0.717) is 16.4 Å². The van der Waals surface area contributed by atoms with Crippen LogP contribution in [0.15, 0.2) is 12.1 Å². The molecule has 0 amide bonds. The number of methoxy groups -OCH3 is 1. The minimum absolute atomic E-state index is 0.302. The number of hydrogen-bond acceptors (Lipinski definition) is 3. The predicted molar refractivity (Wildman–Crippen MR) is 61.9 cm³/mol. The van der Waals surface area contributed by atoms with Crippen molar-refractivity contribution in [2.24, 2.45) is 0 Å². The van der Waals surface area contributed by atoms with Crippen LogP contribution in [0.5, 0.6) is 0 Å². The molecule has 0 unspecified atom stereocenters. The first kappa shape index (κ1) is 11.0. The van der Waals surface area contributed by atoms with Gasteiger partial charge in [-0.15, -0.1) is 0 Å². The van der Waals surface area contributed by atoms with E-state index >= 15 is 0 Å². The first-order valence-electron chi connectivity index (χ1n) is 4.80. The summed E-state index contributed by atoms with van der Waals surface area (Å²) in [5.41, 5.74) is 1.01. The van der Waals surface area contributed by atoms with E-state index in [-0.39, 0.29) is 0 Å². The third-order valence-electron chi connectivity index (χ3n) is 2.59. The van der Waals surface area contributed by atoms with E-state index in [1.807, 2.05) is 12.1 Å². The van der Waals surface area contributed by atoms with Crippen LogP contribution in [0.25, 0.3) is 0 Å². The summed E-state index contributed by atoms with van der Waals surface area (Å²) in [7, 11) is 1.74. The number of hydrogen-bond donors (Lipinski definition) is 0. The molecule has 1 fully saturated rings. The average molecular weight is 247 g/mol. The van der Waals surface area contributed by atoms with Crippen LogP contribution >= 0.6 is 23.2 Å². The molecule has 15 heavy (non-hydrogen) atoms. The Morgan fingerprint density at radius 2 is 2.07 bits per heavy atom. The molecule has 5 heteroatoms. The molecule has 0 saturated carbocycles. The molecule has 0 N–H and O–H groups in total. The van der Waals surface area contributed by atoms with Crippen molar-refractivity contribution in [1.29, 1.82) is 0 Å². The van der Waals surface area contributed by atoms with E-state index in [1.54, 1.807) is 7.11 Å². The SMILES string of the molecule is CO[C@H]1CCN(c2cc(Cl)nc(Cl)c2)C1. The summed E-state index contributed by atoms with van der Waals surface area (Å²) in [5.74, 6) is 0. The third kappa shape index (κ3) is 2.54. The van der Waals surface area contributed by atoms with Crippen LogP contribution in [0.3, 0.4) is 0 Å². The summed E-state index contributed by atoms with van der Waals surface area (Å²) >= 11 is 11.7. The van der Waals surface area contributed by atoms with Crippen molar-refractivity contribution in [1.82, 2.24) is 4.98 Å². The Morgan fingerprint density at radius 3 is 2.60 bits per heavy atom. The van der Waals surface area contributed by atoms with E-state index in [9.17, 15) is 0 Å². The fourth-order valence-corrected chi connectivity index (χ4v) is 2.24. The van der Waals surface area contributed by atoms with Crippen LogP contribution in [-0.4, -0.2) is 31.3 Å². The Morgan fingerprint density at radius 1 is 1.40 bits per heavy atom. The highest BCUT2D eigenvalue weighted by molar-refractivity contribution is 6.32. The quantitative estimate of drug-likeness (QED) is 0.751. The second kappa shape index (κ2) is 4.56. The fraction of sp³-hybridized carbons (Fsp3) is 0.500. The maximum Gasteiger partial charge on any atom is 0.132 e. The van der Waals surface area contributed by atoms with Gasteiger partial charge in [-0.2, -0.15) is 0 Å². The van der Waals surface area contributed by atoms with Gasteiger partial charge >= 0.3 is 0 Å². The van der Waals surface area contributed by atoms with Gasteiger partial charge < -0.3 is 9.64 Å². The van der Waals surface area contributed by atoms with E-state index in [2.05, 4.69) is 9.88 Å². The molecule has 0 radical (unpaired) electrons. The highest BCUT2D eigenvalue weighted by Crippen LogP contribution is 2.26. The molecule has 1 atom stereocenters. The molecular weight excluding hydrogens is 235 g/mol. The lowest BCUT2D eigenvalue weighted by Crippen LogP contribution is -2.22. The lowest BCUT2D eigenvalue weighted by molar-refractivity contribution is 0.121. The van der Waals surface area contributed by atoms with Gasteiger partial charge in [0, 0.05) is 25.9 Å². The molecule has 82 valence electrons. The molecular formula is C10H12Cl2N2O. The Hall–Kier alpha value is -0.510. The largest absolute Gasteiger partial charge is 0.380 e. The second-order valence-corrected chi connectivity index (χ2v) is 4.34. The number of rotatable bonds is 2. The van der Waals surface area contributed by atoms with Crippen molar-refractivity contribution in [2.75, 3.05) is 25.1 Å². The third-order valence-corrected chi connectivity index (χ3v) is 2.98. The van der Waals surface area contributed by atoms with Crippen molar-refractivity contribution in [3.63, 3.8) is 0 Å². The number of ether oxygens (including phenoxy) is 1. The van der Waals surface area contributed by atoms with Gasteiger partial charge in [-0.05, 0) is 18.6 Å². The topological polar surface area (TPSA) is 25.4 Å². The van der Waals surface area contributed by atoms with Crippen LogP contribution in [0.2, 0.25) is 10.3 Å². The zero-order valence-electron chi connectivity index (χ0n) is 8.41. The van der Waals surface area contributed by atoms with Crippen molar-refractivity contribution in [3.8, 4) is 0 Å². The Labute approximate surface area is 98.9 Å². The Balaban J connectivity index is 2.16. The summed E-state index contributed by atoms with van der Waals surface area (Å²) in [4.78, 5) is 6.12. The number of anilines is 1. The van der Waals surface area contributed by atoms with Crippen molar-refractivity contribution < 1.29 is 4.74 Å². The molecule has 1 aliphatic heterocycles. The average Bonchev–Trinajstić information content (AvgIpc) is 2.64. The molecule has 3 nitrogen and oxygen atoms in total. The van der Waals surface area contributed by atoms with Gasteiger partial charge in [0.05, 0.1) is 6.10 Å². The minimum atomic E-state index is 0.302. The fourth-order valence-electron chi connectivity index (χ4n) is 1.79. The first-order valence-corrected chi connectivity index (χ1v) is 5.55. The molecule has 0 spiro atoms. The summed E-state index contributed by atoms with van der Waals surface area (Å²) in [6.07, 6.45) is 1.34. The zero-order chi connectivity index (χ0) is 10.8.